The second-order valence-corrected chi connectivity index (χ2v) is 14.6. The lowest BCUT2D eigenvalue weighted by Gasteiger charge is -2.48. The molecular weight excluding hydrogens is 607 g/mol. The Morgan fingerprint density at radius 1 is 0.420 bits per heavy atom. The molecule has 0 N–H and O–H groups in total. The Labute approximate surface area is 294 Å². The van der Waals surface area contributed by atoms with E-state index in [-0.39, 0.29) is 10.8 Å². The molecule has 0 bridgehead atoms. The molecule has 9 rings (SSSR count). The molecule has 0 amide bonds. The predicted octanol–water partition coefficient (Wildman–Crippen LogP) is 13.6. The molecule has 2 nitrogen and oxygen atoms in total. The molecule has 0 spiro atoms. The average Bonchev–Trinajstić information content (AvgIpc) is 3.54. The SMILES string of the molecule is CC1(C)c2ccc(-c3cccc(-c4ccccc4)c3)cc2-c2ccc(N(c3ccccc3)c3cccc4oc5ccccc5c34)cc2C1(C)C. The third-order valence-corrected chi connectivity index (χ3v) is 11.4. The van der Waals surface area contributed by atoms with Gasteiger partial charge in [0.2, 0.25) is 0 Å². The summed E-state index contributed by atoms with van der Waals surface area (Å²) in [5.41, 5.74) is 15.2. The van der Waals surface area contributed by atoms with E-state index in [1.165, 1.54) is 44.5 Å². The quantitative estimate of drug-likeness (QED) is 0.185. The van der Waals surface area contributed by atoms with E-state index >= 15 is 0 Å². The molecule has 0 fully saturated rings. The topological polar surface area (TPSA) is 16.4 Å². The first-order valence-corrected chi connectivity index (χ1v) is 17.5. The van der Waals surface area contributed by atoms with E-state index in [9.17, 15) is 0 Å². The highest BCUT2D eigenvalue weighted by atomic mass is 16.3. The van der Waals surface area contributed by atoms with Crippen molar-refractivity contribution in [3.05, 3.63) is 175 Å². The fourth-order valence-electron chi connectivity index (χ4n) is 8.04. The fraction of sp³-hybridized carbons (Fsp3) is 0.125. The van der Waals surface area contributed by atoms with Gasteiger partial charge in [-0.2, -0.15) is 0 Å². The van der Waals surface area contributed by atoms with Crippen molar-refractivity contribution in [3.8, 4) is 33.4 Å². The summed E-state index contributed by atoms with van der Waals surface area (Å²) < 4.78 is 6.36. The lowest BCUT2D eigenvalue weighted by molar-refractivity contribution is 0.299. The van der Waals surface area contributed by atoms with Gasteiger partial charge in [0.05, 0.1) is 11.1 Å². The maximum atomic E-state index is 6.36. The van der Waals surface area contributed by atoms with E-state index in [1.54, 1.807) is 0 Å². The number of hydrogen-bond acceptors (Lipinski definition) is 2. The molecule has 1 aliphatic rings. The van der Waals surface area contributed by atoms with E-state index in [2.05, 4.69) is 190 Å². The van der Waals surface area contributed by atoms with Crippen LogP contribution in [-0.4, -0.2) is 0 Å². The van der Waals surface area contributed by atoms with Gasteiger partial charge in [0.25, 0.3) is 0 Å². The monoisotopic (exact) mass is 645 g/mol. The Bertz CT molecular complexity index is 2540. The lowest BCUT2D eigenvalue weighted by atomic mass is 9.55. The normalized spacial score (nSPS) is 14.3. The number of anilines is 3. The number of fused-ring (bicyclic) bond motifs is 6. The van der Waals surface area contributed by atoms with Gasteiger partial charge in [-0.15, -0.1) is 0 Å². The second kappa shape index (κ2) is 11.4. The summed E-state index contributed by atoms with van der Waals surface area (Å²) in [6, 6.07) is 59.2. The molecule has 7 aromatic carbocycles. The molecule has 242 valence electrons. The summed E-state index contributed by atoms with van der Waals surface area (Å²) in [6.07, 6.45) is 0. The van der Waals surface area contributed by atoms with Crippen molar-refractivity contribution in [2.45, 2.75) is 38.5 Å². The highest BCUT2D eigenvalue weighted by Crippen LogP contribution is 2.56. The summed E-state index contributed by atoms with van der Waals surface area (Å²) in [5, 5.41) is 2.24. The van der Waals surface area contributed by atoms with Crippen LogP contribution in [0.1, 0.15) is 38.8 Å². The zero-order valence-corrected chi connectivity index (χ0v) is 28.9. The molecule has 1 aliphatic carbocycles. The Morgan fingerprint density at radius 3 is 1.84 bits per heavy atom. The van der Waals surface area contributed by atoms with Crippen LogP contribution in [0.5, 0.6) is 0 Å². The lowest BCUT2D eigenvalue weighted by Crippen LogP contribution is -2.43. The summed E-state index contributed by atoms with van der Waals surface area (Å²) >= 11 is 0. The van der Waals surface area contributed by atoms with Crippen LogP contribution in [0.4, 0.5) is 17.1 Å². The highest BCUT2D eigenvalue weighted by molar-refractivity contribution is 6.13. The zero-order valence-electron chi connectivity index (χ0n) is 28.9. The van der Waals surface area contributed by atoms with Crippen molar-refractivity contribution in [1.29, 1.82) is 0 Å². The Balaban J connectivity index is 1.23. The standard InChI is InChI=1S/C48H39NO/c1-47(2)41-28-25-35(34-18-13-17-33(29-34)32-15-7-5-8-16-32)30-40(41)38-27-26-37(31-42(38)48(47,3)4)49(36-19-9-6-10-20-36)43-22-14-24-45-46(43)39-21-11-12-23-44(39)50-45/h5-31H,1-4H3. The first-order chi connectivity index (χ1) is 24.3. The Kier molecular flexibility index (Phi) is 6.86. The van der Waals surface area contributed by atoms with Gasteiger partial charge in [-0.3, -0.25) is 0 Å². The van der Waals surface area contributed by atoms with Gasteiger partial charge >= 0.3 is 0 Å². The predicted molar refractivity (Wildman–Crippen MR) is 211 cm³/mol. The molecular formula is C48H39NO. The third kappa shape index (κ3) is 4.63. The van der Waals surface area contributed by atoms with Gasteiger partial charge in [-0.1, -0.05) is 137 Å². The van der Waals surface area contributed by atoms with Crippen molar-refractivity contribution >= 4 is 39.0 Å². The second-order valence-electron chi connectivity index (χ2n) is 14.6. The number of hydrogen-bond donors (Lipinski definition) is 0. The van der Waals surface area contributed by atoms with Gasteiger partial charge in [0.15, 0.2) is 0 Å². The molecule has 1 heterocycles. The van der Waals surface area contributed by atoms with Crippen molar-refractivity contribution in [2.75, 3.05) is 4.90 Å². The Hall–Kier alpha value is -5.86. The van der Waals surface area contributed by atoms with Crippen molar-refractivity contribution < 1.29 is 4.42 Å². The van der Waals surface area contributed by atoms with Crippen LogP contribution in [0.25, 0.3) is 55.3 Å². The number of benzene rings is 7. The van der Waals surface area contributed by atoms with Crippen molar-refractivity contribution in [1.82, 2.24) is 0 Å². The number of para-hydroxylation sites is 2. The van der Waals surface area contributed by atoms with E-state index in [1.807, 2.05) is 6.07 Å². The van der Waals surface area contributed by atoms with Crippen LogP contribution < -0.4 is 4.90 Å². The van der Waals surface area contributed by atoms with Gasteiger partial charge in [0.1, 0.15) is 11.2 Å². The van der Waals surface area contributed by atoms with Gasteiger partial charge in [-0.25, -0.2) is 0 Å². The summed E-state index contributed by atoms with van der Waals surface area (Å²) in [4.78, 5) is 2.40. The maximum absolute atomic E-state index is 6.36. The van der Waals surface area contributed by atoms with Gasteiger partial charge < -0.3 is 9.32 Å². The minimum Gasteiger partial charge on any atom is -0.456 e. The first kappa shape index (κ1) is 30.2. The van der Waals surface area contributed by atoms with Crippen molar-refractivity contribution in [2.24, 2.45) is 0 Å². The zero-order chi connectivity index (χ0) is 34.0. The largest absolute Gasteiger partial charge is 0.456 e. The minimum atomic E-state index is -0.142. The van der Waals surface area contributed by atoms with Crippen LogP contribution in [-0.2, 0) is 10.8 Å². The van der Waals surface area contributed by atoms with Crippen molar-refractivity contribution in [3.63, 3.8) is 0 Å². The molecule has 50 heavy (non-hydrogen) atoms. The number of nitrogens with zero attached hydrogens (tertiary/aromatic N) is 1. The van der Waals surface area contributed by atoms with Crippen LogP contribution >= 0.6 is 0 Å². The molecule has 0 saturated heterocycles. The third-order valence-electron chi connectivity index (χ3n) is 11.4. The molecule has 8 aromatic rings. The van der Waals surface area contributed by atoms with E-state index in [0.29, 0.717) is 0 Å². The fourth-order valence-corrected chi connectivity index (χ4v) is 8.04. The van der Waals surface area contributed by atoms with E-state index in [0.717, 1.165) is 39.0 Å². The molecule has 0 radical (unpaired) electrons. The summed E-state index contributed by atoms with van der Waals surface area (Å²) in [7, 11) is 0. The molecule has 0 saturated carbocycles. The average molecular weight is 646 g/mol. The molecule has 2 heteroatoms. The van der Waals surface area contributed by atoms with Crippen LogP contribution in [0, 0.1) is 0 Å². The molecule has 0 atom stereocenters. The summed E-state index contributed by atoms with van der Waals surface area (Å²) in [5.74, 6) is 0. The minimum absolute atomic E-state index is 0.114. The Morgan fingerprint density at radius 2 is 1.04 bits per heavy atom. The molecule has 0 unspecified atom stereocenters. The van der Waals surface area contributed by atoms with Crippen LogP contribution in [0.15, 0.2) is 168 Å². The maximum Gasteiger partial charge on any atom is 0.137 e. The van der Waals surface area contributed by atoms with E-state index in [4.69, 9.17) is 4.42 Å². The molecule has 0 aliphatic heterocycles. The summed E-state index contributed by atoms with van der Waals surface area (Å²) in [6.45, 7) is 9.63. The van der Waals surface area contributed by atoms with Crippen LogP contribution in [0.2, 0.25) is 0 Å². The van der Waals surface area contributed by atoms with Crippen LogP contribution in [0.3, 0.4) is 0 Å². The highest BCUT2D eigenvalue weighted by Gasteiger charge is 2.46. The van der Waals surface area contributed by atoms with Gasteiger partial charge in [-0.05, 0) is 110 Å². The smallest absolute Gasteiger partial charge is 0.137 e. The number of rotatable bonds is 5. The number of furan rings is 1. The first-order valence-electron chi connectivity index (χ1n) is 17.5. The van der Waals surface area contributed by atoms with Gasteiger partial charge in [0, 0.05) is 16.8 Å². The molecule has 1 aromatic heterocycles. The van der Waals surface area contributed by atoms with E-state index < -0.39 is 0 Å².